The molecule has 0 bridgehead atoms. The van der Waals surface area contributed by atoms with Crippen molar-refractivity contribution >= 4 is 11.3 Å². The van der Waals surface area contributed by atoms with Crippen molar-refractivity contribution < 1.29 is 9.13 Å². The summed E-state index contributed by atoms with van der Waals surface area (Å²) in [5.74, 6) is -0.115. The van der Waals surface area contributed by atoms with Crippen LogP contribution in [-0.2, 0) is 0 Å². The first-order chi connectivity index (χ1) is 7.77. The van der Waals surface area contributed by atoms with E-state index in [1.807, 2.05) is 17.5 Å². The van der Waals surface area contributed by atoms with E-state index in [0.717, 1.165) is 4.88 Å². The lowest BCUT2D eigenvalue weighted by Crippen LogP contribution is -2.18. The van der Waals surface area contributed by atoms with E-state index in [-0.39, 0.29) is 24.2 Å². The predicted molar refractivity (Wildman–Crippen MR) is 63.1 cm³/mol. The Hall–Kier alpha value is -1.39. The van der Waals surface area contributed by atoms with E-state index in [1.54, 1.807) is 29.5 Å². The Bertz CT molecular complexity index is 444. The molecule has 4 heteroatoms. The molecule has 16 heavy (non-hydrogen) atoms. The lowest BCUT2D eigenvalue weighted by molar-refractivity contribution is 0.279. The van der Waals surface area contributed by atoms with Crippen LogP contribution in [0.15, 0.2) is 41.8 Å². The number of hydrogen-bond donors (Lipinski definition) is 1. The van der Waals surface area contributed by atoms with Crippen molar-refractivity contribution in [3.05, 3.63) is 52.5 Å². The van der Waals surface area contributed by atoms with Gasteiger partial charge in [0.25, 0.3) is 0 Å². The van der Waals surface area contributed by atoms with Gasteiger partial charge in [-0.05, 0) is 23.6 Å². The second-order valence-electron chi connectivity index (χ2n) is 3.36. The number of para-hydroxylation sites is 1. The first kappa shape index (κ1) is 11.1. The largest absolute Gasteiger partial charge is 0.489 e. The normalized spacial score (nSPS) is 12.4. The van der Waals surface area contributed by atoms with Crippen molar-refractivity contribution in [3.8, 4) is 5.75 Å². The number of hydrogen-bond acceptors (Lipinski definition) is 3. The molecule has 2 nitrogen and oxygen atoms in total. The highest BCUT2D eigenvalue weighted by Gasteiger charge is 2.09. The smallest absolute Gasteiger partial charge is 0.165 e. The van der Waals surface area contributed by atoms with Crippen molar-refractivity contribution in [2.75, 3.05) is 6.61 Å². The van der Waals surface area contributed by atoms with Gasteiger partial charge in [0, 0.05) is 4.88 Å². The van der Waals surface area contributed by atoms with E-state index in [2.05, 4.69) is 0 Å². The molecule has 2 N–H and O–H groups in total. The van der Waals surface area contributed by atoms with Gasteiger partial charge in [0.2, 0.25) is 0 Å². The SMILES string of the molecule is NC(COc1ccccc1F)c1cccs1. The number of halogens is 1. The molecular weight excluding hydrogens is 225 g/mol. The van der Waals surface area contributed by atoms with Crippen LogP contribution in [0.1, 0.15) is 10.9 Å². The van der Waals surface area contributed by atoms with E-state index in [4.69, 9.17) is 10.5 Å². The van der Waals surface area contributed by atoms with Gasteiger partial charge in [0.05, 0.1) is 6.04 Å². The van der Waals surface area contributed by atoms with E-state index in [1.165, 1.54) is 6.07 Å². The van der Waals surface area contributed by atoms with Crippen LogP contribution in [0.2, 0.25) is 0 Å². The summed E-state index contributed by atoms with van der Waals surface area (Å²) in [6, 6.07) is 9.99. The highest BCUT2D eigenvalue weighted by molar-refractivity contribution is 7.10. The van der Waals surface area contributed by atoms with E-state index in [9.17, 15) is 4.39 Å². The zero-order valence-electron chi connectivity index (χ0n) is 8.60. The lowest BCUT2D eigenvalue weighted by atomic mass is 10.3. The van der Waals surface area contributed by atoms with Gasteiger partial charge in [0.15, 0.2) is 11.6 Å². The lowest BCUT2D eigenvalue weighted by Gasteiger charge is -2.11. The molecule has 0 aliphatic heterocycles. The number of thiophene rings is 1. The van der Waals surface area contributed by atoms with Crippen LogP contribution >= 0.6 is 11.3 Å². The molecule has 1 aromatic heterocycles. The van der Waals surface area contributed by atoms with Crippen LogP contribution in [0.3, 0.4) is 0 Å². The van der Waals surface area contributed by atoms with Gasteiger partial charge in [-0.25, -0.2) is 4.39 Å². The van der Waals surface area contributed by atoms with Crippen molar-refractivity contribution in [1.82, 2.24) is 0 Å². The second kappa shape index (κ2) is 5.09. The van der Waals surface area contributed by atoms with Gasteiger partial charge < -0.3 is 10.5 Å². The van der Waals surface area contributed by atoms with Gasteiger partial charge in [-0.15, -0.1) is 11.3 Å². The predicted octanol–water partition coefficient (Wildman–Crippen LogP) is 2.97. The first-order valence-electron chi connectivity index (χ1n) is 4.93. The quantitative estimate of drug-likeness (QED) is 0.887. The fourth-order valence-corrected chi connectivity index (χ4v) is 2.04. The number of ether oxygens (including phenoxy) is 1. The van der Waals surface area contributed by atoms with Gasteiger partial charge >= 0.3 is 0 Å². The van der Waals surface area contributed by atoms with Crippen LogP contribution in [-0.4, -0.2) is 6.61 Å². The average Bonchev–Trinajstić information content (AvgIpc) is 2.81. The van der Waals surface area contributed by atoms with E-state index in [0.29, 0.717) is 0 Å². The van der Waals surface area contributed by atoms with Gasteiger partial charge in [-0.1, -0.05) is 18.2 Å². The summed E-state index contributed by atoms with van der Waals surface area (Å²) in [6.07, 6.45) is 0. The van der Waals surface area contributed by atoms with Gasteiger partial charge in [0.1, 0.15) is 6.61 Å². The maximum Gasteiger partial charge on any atom is 0.165 e. The minimum absolute atomic E-state index is 0.209. The highest BCUT2D eigenvalue weighted by Crippen LogP contribution is 2.20. The number of nitrogens with two attached hydrogens (primary N) is 1. The van der Waals surface area contributed by atoms with E-state index < -0.39 is 0 Å². The Balaban J connectivity index is 1.95. The Morgan fingerprint density at radius 2 is 2.06 bits per heavy atom. The van der Waals surface area contributed by atoms with Crippen molar-refractivity contribution in [2.45, 2.75) is 6.04 Å². The summed E-state index contributed by atoms with van der Waals surface area (Å²) >= 11 is 1.57. The maximum absolute atomic E-state index is 13.2. The molecule has 0 aliphatic carbocycles. The zero-order valence-corrected chi connectivity index (χ0v) is 9.41. The third-order valence-corrected chi connectivity index (χ3v) is 3.17. The van der Waals surface area contributed by atoms with Crippen molar-refractivity contribution in [1.29, 1.82) is 0 Å². The molecule has 1 atom stereocenters. The minimum atomic E-state index is -0.360. The summed E-state index contributed by atoms with van der Waals surface area (Å²) in [4.78, 5) is 1.04. The highest BCUT2D eigenvalue weighted by atomic mass is 32.1. The number of benzene rings is 1. The van der Waals surface area contributed by atoms with Crippen LogP contribution in [0.25, 0.3) is 0 Å². The van der Waals surface area contributed by atoms with Gasteiger partial charge in [-0.3, -0.25) is 0 Å². The van der Waals surface area contributed by atoms with E-state index >= 15 is 0 Å². The third-order valence-electron chi connectivity index (χ3n) is 2.16. The molecule has 0 aliphatic rings. The Morgan fingerprint density at radius 1 is 1.25 bits per heavy atom. The standard InChI is InChI=1S/C12H12FNOS/c13-9-4-1-2-5-11(9)15-8-10(14)12-6-3-7-16-12/h1-7,10H,8,14H2. The van der Waals surface area contributed by atoms with Crippen LogP contribution in [0.4, 0.5) is 4.39 Å². The molecule has 1 heterocycles. The fourth-order valence-electron chi connectivity index (χ4n) is 1.33. The molecule has 2 rings (SSSR count). The molecule has 0 spiro atoms. The first-order valence-corrected chi connectivity index (χ1v) is 5.81. The summed E-state index contributed by atoms with van der Waals surface area (Å²) in [6.45, 7) is 0.279. The fraction of sp³-hybridized carbons (Fsp3) is 0.167. The summed E-state index contributed by atoms with van der Waals surface area (Å²) < 4.78 is 18.5. The molecule has 0 radical (unpaired) electrons. The van der Waals surface area contributed by atoms with Crippen molar-refractivity contribution in [3.63, 3.8) is 0 Å². The molecule has 0 saturated carbocycles. The summed E-state index contributed by atoms with van der Waals surface area (Å²) in [7, 11) is 0. The van der Waals surface area contributed by atoms with Crippen molar-refractivity contribution in [2.24, 2.45) is 5.73 Å². The Kier molecular flexibility index (Phi) is 3.54. The molecule has 0 fully saturated rings. The molecule has 0 saturated heterocycles. The molecule has 84 valence electrons. The molecule has 2 aromatic rings. The minimum Gasteiger partial charge on any atom is -0.489 e. The summed E-state index contributed by atoms with van der Waals surface area (Å²) in [5, 5.41) is 1.96. The molecule has 0 amide bonds. The monoisotopic (exact) mass is 237 g/mol. The summed E-state index contributed by atoms with van der Waals surface area (Å²) in [5.41, 5.74) is 5.90. The maximum atomic E-state index is 13.2. The topological polar surface area (TPSA) is 35.2 Å². The van der Waals surface area contributed by atoms with Crippen LogP contribution in [0, 0.1) is 5.82 Å². The number of rotatable bonds is 4. The zero-order chi connectivity index (χ0) is 11.4. The van der Waals surface area contributed by atoms with Crippen LogP contribution < -0.4 is 10.5 Å². The molecule has 1 aromatic carbocycles. The van der Waals surface area contributed by atoms with Crippen LogP contribution in [0.5, 0.6) is 5.75 Å². The third kappa shape index (κ3) is 2.59. The molecule has 1 unspecified atom stereocenters. The van der Waals surface area contributed by atoms with Gasteiger partial charge in [-0.2, -0.15) is 0 Å². The second-order valence-corrected chi connectivity index (χ2v) is 4.34. The molecular formula is C12H12FNOS. The Labute approximate surface area is 97.5 Å². The Morgan fingerprint density at radius 3 is 2.75 bits per heavy atom. The average molecular weight is 237 g/mol.